The third kappa shape index (κ3) is 4.09. The highest BCUT2D eigenvalue weighted by Gasteiger charge is 2.07. The lowest BCUT2D eigenvalue weighted by atomic mass is 10.3. The minimum Gasteiger partial charge on any atom is -0.336 e. The predicted octanol–water partition coefficient (Wildman–Crippen LogP) is 1.96. The van der Waals surface area contributed by atoms with Crippen LogP contribution >= 0.6 is 17.3 Å². The van der Waals surface area contributed by atoms with Crippen molar-refractivity contribution in [1.82, 2.24) is 0 Å². The Hall–Kier alpha value is -0.0600. The first-order chi connectivity index (χ1) is 5.58. The highest BCUT2D eigenvalue weighted by atomic mass is 32.9. The molecule has 0 aromatic heterocycles. The van der Waals surface area contributed by atoms with E-state index in [1.54, 1.807) is 0 Å². The van der Waals surface area contributed by atoms with Crippen molar-refractivity contribution < 1.29 is 9.79 Å². The summed E-state index contributed by atoms with van der Waals surface area (Å²) in [6.45, 7) is 0. The Morgan fingerprint density at radius 3 is 2.33 bits per heavy atom. The SMILES string of the molecule is OP(O)(=S)SNc1ccccc1. The Morgan fingerprint density at radius 2 is 1.83 bits per heavy atom. The van der Waals surface area contributed by atoms with Crippen LogP contribution in [0, 0.1) is 0 Å². The molecule has 3 nitrogen and oxygen atoms in total. The standard InChI is InChI=1S/C6H8NO2PS2/c8-10(9,11)12-7-6-4-2-1-3-5-6/h1-5,7H,(H2,8,9,11). The first-order valence-electron chi connectivity index (χ1n) is 3.13. The molecule has 0 atom stereocenters. The van der Waals surface area contributed by atoms with Gasteiger partial charge < -0.3 is 14.5 Å². The summed E-state index contributed by atoms with van der Waals surface area (Å²) >= 11 is 5.18. The molecule has 66 valence electrons. The smallest absolute Gasteiger partial charge is 0.262 e. The van der Waals surface area contributed by atoms with E-state index in [1.165, 1.54) is 0 Å². The largest absolute Gasteiger partial charge is 0.336 e. The van der Waals surface area contributed by atoms with Crippen molar-refractivity contribution in [2.45, 2.75) is 0 Å². The normalized spacial score (nSPS) is 11.2. The topological polar surface area (TPSA) is 52.5 Å². The third-order valence-electron chi connectivity index (χ3n) is 1.06. The number of anilines is 1. The van der Waals surface area contributed by atoms with E-state index in [0.29, 0.717) is 0 Å². The van der Waals surface area contributed by atoms with Crippen molar-refractivity contribution in [2.24, 2.45) is 0 Å². The Kier molecular flexibility index (Phi) is 3.55. The van der Waals surface area contributed by atoms with Crippen molar-refractivity contribution in [3.63, 3.8) is 0 Å². The minimum absolute atomic E-state index is 0.774. The van der Waals surface area contributed by atoms with Crippen LogP contribution in [0.3, 0.4) is 0 Å². The van der Waals surface area contributed by atoms with Crippen LogP contribution in [0.15, 0.2) is 30.3 Å². The molecule has 0 aliphatic heterocycles. The van der Waals surface area contributed by atoms with Crippen LogP contribution in [-0.2, 0) is 11.8 Å². The van der Waals surface area contributed by atoms with Crippen molar-refractivity contribution in [1.29, 1.82) is 0 Å². The van der Waals surface area contributed by atoms with Crippen molar-refractivity contribution in [2.75, 3.05) is 4.72 Å². The van der Waals surface area contributed by atoms with Gasteiger partial charge in [0.05, 0.1) is 0 Å². The van der Waals surface area contributed by atoms with Crippen molar-refractivity contribution in [3.8, 4) is 0 Å². The van der Waals surface area contributed by atoms with Gasteiger partial charge in [-0.1, -0.05) is 18.2 Å². The summed E-state index contributed by atoms with van der Waals surface area (Å²) in [6.07, 6.45) is 0. The number of para-hydroxylation sites is 1. The number of rotatable bonds is 3. The van der Waals surface area contributed by atoms with Gasteiger partial charge in [-0.2, -0.15) is 0 Å². The summed E-state index contributed by atoms with van der Waals surface area (Å²) in [5, 5.41) is 0. The Morgan fingerprint density at radius 1 is 1.25 bits per heavy atom. The van der Waals surface area contributed by atoms with Gasteiger partial charge in [0.2, 0.25) is 0 Å². The van der Waals surface area contributed by atoms with Gasteiger partial charge in [0.1, 0.15) is 0 Å². The molecule has 0 unspecified atom stereocenters. The van der Waals surface area contributed by atoms with Crippen LogP contribution < -0.4 is 4.72 Å². The Bertz CT molecular complexity index is 287. The van der Waals surface area contributed by atoms with Crippen molar-refractivity contribution in [3.05, 3.63) is 30.3 Å². The second kappa shape index (κ2) is 4.25. The van der Waals surface area contributed by atoms with E-state index >= 15 is 0 Å². The number of hydrogen-bond acceptors (Lipinski definition) is 3. The summed E-state index contributed by atoms with van der Waals surface area (Å²) in [5.41, 5.74) is -2.39. The van der Waals surface area contributed by atoms with Crippen LogP contribution in [0.2, 0.25) is 0 Å². The van der Waals surface area contributed by atoms with E-state index in [9.17, 15) is 0 Å². The Labute approximate surface area is 79.9 Å². The fraction of sp³-hybridized carbons (Fsp3) is 0. The van der Waals surface area contributed by atoms with Gasteiger partial charge in [-0.25, -0.2) is 0 Å². The third-order valence-corrected chi connectivity index (χ3v) is 3.28. The van der Waals surface area contributed by atoms with Gasteiger partial charge in [0.15, 0.2) is 0 Å². The van der Waals surface area contributed by atoms with Gasteiger partial charge in [-0.05, 0) is 23.9 Å². The molecule has 12 heavy (non-hydrogen) atoms. The molecule has 0 bridgehead atoms. The van der Waals surface area contributed by atoms with E-state index < -0.39 is 5.69 Å². The highest BCUT2D eigenvalue weighted by Crippen LogP contribution is 2.50. The molecule has 3 N–H and O–H groups in total. The van der Waals surface area contributed by atoms with Crippen LogP contribution in [0.5, 0.6) is 0 Å². The maximum absolute atomic E-state index is 8.86. The second-order valence-electron chi connectivity index (χ2n) is 2.05. The van der Waals surface area contributed by atoms with Crippen LogP contribution in [-0.4, -0.2) is 9.79 Å². The molecule has 0 spiro atoms. The minimum atomic E-state index is -3.19. The lowest BCUT2D eigenvalue weighted by Gasteiger charge is -2.07. The van der Waals surface area contributed by atoms with Crippen LogP contribution in [0.25, 0.3) is 0 Å². The van der Waals surface area contributed by atoms with Gasteiger partial charge in [0, 0.05) is 17.3 Å². The first-order valence-corrected chi connectivity index (χ1v) is 7.26. The summed E-state index contributed by atoms with van der Waals surface area (Å²) in [5.74, 6) is 0. The molecule has 0 saturated heterocycles. The van der Waals surface area contributed by atoms with Gasteiger partial charge in [0.25, 0.3) is 5.69 Å². The number of nitrogens with one attached hydrogen (secondary N) is 1. The van der Waals surface area contributed by atoms with Gasteiger partial charge in [-0.15, -0.1) is 0 Å². The Balaban J connectivity index is 2.50. The lowest BCUT2D eigenvalue weighted by molar-refractivity contribution is 0.502. The monoisotopic (exact) mass is 221 g/mol. The van der Waals surface area contributed by atoms with Crippen LogP contribution in [0.4, 0.5) is 5.69 Å². The quantitative estimate of drug-likeness (QED) is 0.538. The first kappa shape index (κ1) is 10.0. The zero-order chi connectivity index (χ0) is 9.03. The van der Waals surface area contributed by atoms with E-state index in [-0.39, 0.29) is 0 Å². The predicted molar refractivity (Wildman–Crippen MR) is 56.4 cm³/mol. The number of hydrogen-bond donors (Lipinski definition) is 3. The fourth-order valence-corrected chi connectivity index (χ4v) is 1.99. The molecule has 1 aromatic rings. The molecule has 0 heterocycles. The molecule has 0 saturated carbocycles. The fourth-order valence-electron chi connectivity index (χ4n) is 0.618. The summed E-state index contributed by atoms with van der Waals surface area (Å²) in [6, 6.07) is 9.21. The summed E-state index contributed by atoms with van der Waals surface area (Å²) in [4.78, 5) is 17.7. The maximum Gasteiger partial charge on any atom is 0.262 e. The lowest BCUT2D eigenvalue weighted by Crippen LogP contribution is -1.84. The molecular formula is C6H8NO2PS2. The molecule has 0 aliphatic rings. The zero-order valence-corrected chi connectivity index (χ0v) is 8.57. The zero-order valence-electron chi connectivity index (χ0n) is 6.04. The molecular weight excluding hydrogens is 213 g/mol. The van der Waals surface area contributed by atoms with Gasteiger partial charge >= 0.3 is 0 Å². The van der Waals surface area contributed by atoms with Gasteiger partial charge in [-0.3, -0.25) is 0 Å². The molecule has 0 amide bonds. The van der Waals surface area contributed by atoms with E-state index in [2.05, 4.69) is 16.5 Å². The summed E-state index contributed by atoms with van der Waals surface area (Å²) in [7, 11) is 0. The molecule has 0 aliphatic carbocycles. The molecule has 0 radical (unpaired) electrons. The van der Waals surface area contributed by atoms with E-state index in [4.69, 9.17) is 9.79 Å². The second-order valence-corrected chi connectivity index (χ2v) is 7.71. The molecule has 1 rings (SSSR count). The summed E-state index contributed by atoms with van der Waals surface area (Å²) < 4.78 is 2.75. The molecule has 0 fully saturated rings. The average molecular weight is 221 g/mol. The highest BCUT2D eigenvalue weighted by molar-refractivity contribution is 8.67. The maximum atomic E-state index is 8.86. The average Bonchev–Trinajstić information content (AvgIpc) is 2.02. The molecule has 1 aromatic carbocycles. The van der Waals surface area contributed by atoms with E-state index in [1.807, 2.05) is 30.3 Å². The number of benzene rings is 1. The van der Waals surface area contributed by atoms with Crippen molar-refractivity contribution >= 4 is 34.8 Å². The molecule has 6 heteroatoms. The van der Waals surface area contributed by atoms with Crippen LogP contribution in [0.1, 0.15) is 0 Å². The van der Waals surface area contributed by atoms with E-state index in [0.717, 1.165) is 17.3 Å².